The van der Waals surface area contributed by atoms with E-state index in [1.54, 1.807) is 10.7 Å². The fourth-order valence-electron chi connectivity index (χ4n) is 3.54. The molecule has 0 saturated carbocycles. The van der Waals surface area contributed by atoms with E-state index in [2.05, 4.69) is 15.3 Å². The molecule has 7 heteroatoms. The van der Waals surface area contributed by atoms with E-state index < -0.39 is 0 Å². The smallest absolute Gasteiger partial charge is 0.257 e. The molecule has 0 aliphatic carbocycles. The molecule has 1 unspecified atom stereocenters. The van der Waals surface area contributed by atoms with Crippen LogP contribution in [0.3, 0.4) is 0 Å². The van der Waals surface area contributed by atoms with Crippen LogP contribution in [-0.4, -0.2) is 70.6 Å². The Morgan fingerprint density at radius 3 is 2.87 bits per heavy atom. The number of amides is 1. The average molecular weight is 336 g/mol. The molecule has 1 amide bonds. The number of rotatable bonds is 2. The minimum absolute atomic E-state index is 0. The number of aromatic nitrogens is 2. The first kappa shape index (κ1) is 16.2. The monoisotopic (exact) mass is 335 g/mol. The lowest BCUT2D eigenvalue weighted by molar-refractivity contribution is 0.0775. The molecule has 2 aromatic rings. The van der Waals surface area contributed by atoms with Crippen LogP contribution in [0.15, 0.2) is 30.6 Å². The first-order valence-electron chi connectivity index (χ1n) is 7.99. The maximum Gasteiger partial charge on any atom is 0.257 e. The molecule has 124 valence electrons. The zero-order valence-electron chi connectivity index (χ0n) is 13.0. The summed E-state index contributed by atoms with van der Waals surface area (Å²) < 4.78 is 1.76. The molecule has 4 heterocycles. The minimum atomic E-state index is 0. The highest BCUT2D eigenvalue weighted by atomic mass is 35.5. The van der Waals surface area contributed by atoms with Crippen LogP contribution in [-0.2, 0) is 0 Å². The Balaban J connectivity index is 0.00000156. The zero-order valence-corrected chi connectivity index (χ0v) is 13.8. The summed E-state index contributed by atoms with van der Waals surface area (Å²) in [7, 11) is 0. The van der Waals surface area contributed by atoms with Crippen molar-refractivity contribution < 1.29 is 4.79 Å². The fraction of sp³-hybridized carbons (Fsp3) is 0.500. The second-order valence-electron chi connectivity index (χ2n) is 6.07. The molecule has 1 N–H and O–H groups in total. The SMILES string of the molecule is Cl.O=C(c1cnn2ccccc12)N1CCC(N2CCNCC2)C1. The van der Waals surface area contributed by atoms with Crippen molar-refractivity contribution in [2.24, 2.45) is 0 Å². The van der Waals surface area contributed by atoms with Crippen molar-refractivity contribution in [2.45, 2.75) is 12.5 Å². The van der Waals surface area contributed by atoms with Crippen molar-refractivity contribution in [3.63, 3.8) is 0 Å². The van der Waals surface area contributed by atoms with E-state index in [4.69, 9.17) is 0 Å². The number of halogens is 1. The van der Waals surface area contributed by atoms with Crippen molar-refractivity contribution >= 4 is 23.8 Å². The maximum atomic E-state index is 12.8. The molecule has 2 fully saturated rings. The van der Waals surface area contributed by atoms with E-state index >= 15 is 0 Å². The molecule has 4 rings (SSSR count). The van der Waals surface area contributed by atoms with Crippen LogP contribution >= 0.6 is 12.4 Å². The van der Waals surface area contributed by atoms with Crippen molar-refractivity contribution in [2.75, 3.05) is 39.3 Å². The number of nitrogens with zero attached hydrogens (tertiary/aromatic N) is 4. The Labute approximate surface area is 141 Å². The van der Waals surface area contributed by atoms with Gasteiger partial charge in [-0.3, -0.25) is 9.69 Å². The first-order valence-corrected chi connectivity index (χ1v) is 7.99. The van der Waals surface area contributed by atoms with Gasteiger partial charge in [0.25, 0.3) is 5.91 Å². The Hall–Kier alpha value is -1.63. The summed E-state index contributed by atoms with van der Waals surface area (Å²) in [6.07, 6.45) is 4.64. The maximum absolute atomic E-state index is 12.8. The van der Waals surface area contributed by atoms with Gasteiger partial charge >= 0.3 is 0 Å². The third kappa shape index (κ3) is 3.06. The lowest BCUT2D eigenvalue weighted by atomic mass is 10.2. The summed E-state index contributed by atoms with van der Waals surface area (Å²) in [5.41, 5.74) is 1.60. The topological polar surface area (TPSA) is 52.9 Å². The summed E-state index contributed by atoms with van der Waals surface area (Å²) in [6.45, 7) is 5.96. The van der Waals surface area contributed by atoms with Crippen molar-refractivity contribution in [1.82, 2.24) is 24.7 Å². The van der Waals surface area contributed by atoms with Gasteiger partial charge in [-0.05, 0) is 18.6 Å². The van der Waals surface area contributed by atoms with Gasteiger partial charge in [-0.1, -0.05) is 6.07 Å². The molecule has 0 bridgehead atoms. The standard InChI is InChI=1S/C16H21N5O.ClH/c22-16(14-11-18-21-7-2-1-3-15(14)21)20-8-4-13(12-20)19-9-5-17-6-10-19;/h1-3,7,11,13,17H,4-6,8-10,12H2;1H. The van der Waals surface area contributed by atoms with E-state index in [0.717, 1.165) is 51.2 Å². The molecule has 6 nitrogen and oxygen atoms in total. The molecule has 2 aromatic heterocycles. The number of nitrogens with one attached hydrogen (secondary N) is 1. The lowest BCUT2D eigenvalue weighted by Gasteiger charge is -2.32. The Morgan fingerprint density at radius 1 is 1.22 bits per heavy atom. The summed E-state index contributed by atoms with van der Waals surface area (Å²) >= 11 is 0. The predicted octanol–water partition coefficient (Wildman–Crippen LogP) is 0.876. The van der Waals surface area contributed by atoms with Gasteiger partial charge in [0.1, 0.15) is 0 Å². The highest BCUT2D eigenvalue weighted by molar-refractivity contribution is 6.00. The minimum Gasteiger partial charge on any atom is -0.337 e. The van der Waals surface area contributed by atoms with Gasteiger partial charge in [-0.25, -0.2) is 4.52 Å². The van der Waals surface area contributed by atoms with Crippen LogP contribution in [0.25, 0.3) is 5.52 Å². The van der Waals surface area contributed by atoms with E-state index in [1.807, 2.05) is 29.3 Å². The summed E-state index contributed by atoms with van der Waals surface area (Å²) in [5.74, 6) is 0.110. The number of carbonyl (C=O) groups excluding carboxylic acids is 1. The van der Waals surface area contributed by atoms with E-state index in [1.165, 1.54) is 0 Å². The largest absolute Gasteiger partial charge is 0.337 e. The average Bonchev–Trinajstić information content (AvgIpc) is 3.22. The zero-order chi connectivity index (χ0) is 14.9. The van der Waals surface area contributed by atoms with Crippen LogP contribution in [0.5, 0.6) is 0 Å². The highest BCUT2D eigenvalue weighted by Crippen LogP contribution is 2.20. The molecule has 0 radical (unpaired) electrons. The van der Waals surface area contributed by atoms with Gasteiger partial charge in [0.05, 0.1) is 17.3 Å². The number of likely N-dealkylation sites (tertiary alicyclic amines) is 1. The van der Waals surface area contributed by atoms with E-state index in [9.17, 15) is 4.79 Å². The Morgan fingerprint density at radius 2 is 2.04 bits per heavy atom. The number of hydrogen-bond donors (Lipinski definition) is 1. The van der Waals surface area contributed by atoms with Gasteiger partial charge in [-0.2, -0.15) is 5.10 Å². The summed E-state index contributed by atoms with van der Waals surface area (Å²) in [5, 5.41) is 7.65. The number of hydrogen-bond acceptors (Lipinski definition) is 4. The van der Waals surface area contributed by atoms with Crippen molar-refractivity contribution in [3.8, 4) is 0 Å². The van der Waals surface area contributed by atoms with Crippen LogP contribution < -0.4 is 5.32 Å². The van der Waals surface area contributed by atoms with Crippen molar-refractivity contribution in [3.05, 3.63) is 36.2 Å². The fourth-order valence-corrected chi connectivity index (χ4v) is 3.54. The normalized spacial score (nSPS) is 22.3. The number of pyridine rings is 1. The summed E-state index contributed by atoms with van der Waals surface area (Å²) in [6, 6.07) is 6.32. The molecule has 2 saturated heterocycles. The van der Waals surface area contributed by atoms with Crippen molar-refractivity contribution in [1.29, 1.82) is 0 Å². The van der Waals surface area contributed by atoms with Gasteiger partial charge in [-0.15, -0.1) is 12.4 Å². The van der Waals surface area contributed by atoms with Crippen LogP contribution in [0.1, 0.15) is 16.8 Å². The second kappa shape index (κ2) is 6.86. The lowest BCUT2D eigenvalue weighted by Crippen LogP contribution is -2.49. The number of fused-ring (bicyclic) bond motifs is 1. The van der Waals surface area contributed by atoms with E-state index in [-0.39, 0.29) is 18.3 Å². The predicted molar refractivity (Wildman–Crippen MR) is 91.2 cm³/mol. The van der Waals surface area contributed by atoms with Gasteiger partial charge in [0.2, 0.25) is 0 Å². The molecule has 0 spiro atoms. The third-order valence-corrected chi connectivity index (χ3v) is 4.78. The molecule has 2 aliphatic heterocycles. The molecular formula is C16H22ClN5O. The van der Waals surface area contributed by atoms with Gasteiger partial charge < -0.3 is 10.2 Å². The molecule has 23 heavy (non-hydrogen) atoms. The van der Waals surface area contributed by atoms with Gasteiger partial charge in [0, 0.05) is 51.5 Å². The quantitative estimate of drug-likeness (QED) is 0.885. The second-order valence-corrected chi connectivity index (χ2v) is 6.07. The molecular weight excluding hydrogens is 314 g/mol. The van der Waals surface area contributed by atoms with E-state index in [0.29, 0.717) is 11.6 Å². The number of piperazine rings is 1. The van der Waals surface area contributed by atoms with Crippen LogP contribution in [0.4, 0.5) is 0 Å². The Kier molecular flexibility index (Phi) is 4.84. The molecule has 1 atom stereocenters. The summed E-state index contributed by atoms with van der Waals surface area (Å²) in [4.78, 5) is 17.3. The van der Waals surface area contributed by atoms with Gasteiger partial charge in [0.15, 0.2) is 0 Å². The molecule has 0 aromatic carbocycles. The van der Waals surface area contributed by atoms with Crippen LogP contribution in [0, 0.1) is 0 Å². The third-order valence-electron chi connectivity index (χ3n) is 4.78. The Bertz CT molecular complexity index is 682. The molecule has 2 aliphatic rings. The number of carbonyl (C=O) groups is 1. The van der Waals surface area contributed by atoms with Crippen LogP contribution in [0.2, 0.25) is 0 Å². The first-order chi connectivity index (χ1) is 10.8. The highest BCUT2D eigenvalue weighted by Gasteiger charge is 2.32.